The second kappa shape index (κ2) is 8.02. The van der Waals surface area contributed by atoms with Gasteiger partial charge in [0.2, 0.25) is 0 Å². The highest BCUT2D eigenvalue weighted by Gasteiger charge is 2.09. The van der Waals surface area contributed by atoms with E-state index in [4.69, 9.17) is 16.3 Å². The zero-order valence-corrected chi connectivity index (χ0v) is 13.3. The van der Waals surface area contributed by atoms with Crippen LogP contribution in [0.15, 0.2) is 54.1 Å². The van der Waals surface area contributed by atoms with E-state index >= 15 is 0 Å². The van der Waals surface area contributed by atoms with Gasteiger partial charge in [0, 0.05) is 10.7 Å². The third-order valence-electron chi connectivity index (χ3n) is 2.97. The Morgan fingerprint density at radius 2 is 1.87 bits per heavy atom. The third kappa shape index (κ3) is 4.87. The van der Waals surface area contributed by atoms with E-state index in [1.54, 1.807) is 48.5 Å². The lowest BCUT2D eigenvalue weighted by atomic mass is 10.1. The molecule has 116 valence electrons. The summed E-state index contributed by atoms with van der Waals surface area (Å²) in [5, 5.41) is 12.5. The Hall–Kier alpha value is -2.77. The highest BCUT2D eigenvalue weighted by molar-refractivity contribution is 6.30. The first kappa shape index (κ1) is 16.6. The fraction of sp³-hybridized carbons (Fsp3) is 0.111. The fourth-order valence-electron chi connectivity index (χ4n) is 1.87. The number of nitrogens with zero attached hydrogens (tertiary/aromatic N) is 1. The second-order valence-electron chi connectivity index (χ2n) is 4.63. The van der Waals surface area contributed by atoms with Gasteiger partial charge in [-0.3, -0.25) is 4.79 Å². The molecule has 0 aliphatic rings. The van der Waals surface area contributed by atoms with Crippen LogP contribution >= 0.6 is 11.6 Å². The summed E-state index contributed by atoms with van der Waals surface area (Å²) in [5.41, 5.74) is 1.34. The normalized spacial score (nSPS) is 10.7. The number of amides is 1. The smallest absolute Gasteiger partial charge is 0.266 e. The molecule has 0 aliphatic carbocycles. The van der Waals surface area contributed by atoms with Gasteiger partial charge in [0.05, 0.1) is 6.61 Å². The minimum absolute atomic E-state index is 0.0150. The Kier molecular flexibility index (Phi) is 5.79. The van der Waals surface area contributed by atoms with Gasteiger partial charge >= 0.3 is 0 Å². The van der Waals surface area contributed by atoms with Gasteiger partial charge in [-0.05, 0) is 55.0 Å². The lowest BCUT2D eigenvalue weighted by Gasteiger charge is -2.06. The summed E-state index contributed by atoms with van der Waals surface area (Å²) >= 11 is 5.81. The van der Waals surface area contributed by atoms with Crippen molar-refractivity contribution in [1.82, 2.24) is 0 Å². The molecule has 0 fully saturated rings. The van der Waals surface area contributed by atoms with Crippen LogP contribution in [0.5, 0.6) is 5.75 Å². The molecule has 0 spiro atoms. The number of carbonyl (C=O) groups excluding carboxylic acids is 1. The van der Waals surface area contributed by atoms with Crippen LogP contribution in [-0.2, 0) is 4.79 Å². The maximum atomic E-state index is 12.2. The minimum Gasteiger partial charge on any atom is -0.494 e. The van der Waals surface area contributed by atoms with E-state index in [0.29, 0.717) is 17.3 Å². The van der Waals surface area contributed by atoms with Crippen molar-refractivity contribution in [3.63, 3.8) is 0 Å². The van der Waals surface area contributed by atoms with E-state index < -0.39 is 5.91 Å². The van der Waals surface area contributed by atoms with E-state index in [0.717, 1.165) is 11.3 Å². The molecule has 1 amide bonds. The molecular weight excluding hydrogens is 312 g/mol. The monoisotopic (exact) mass is 326 g/mol. The summed E-state index contributed by atoms with van der Waals surface area (Å²) in [6.45, 7) is 2.48. The Morgan fingerprint density at radius 3 is 2.43 bits per heavy atom. The van der Waals surface area contributed by atoms with Gasteiger partial charge in [0.15, 0.2) is 0 Å². The Balaban J connectivity index is 2.11. The summed E-state index contributed by atoms with van der Waals surface area (Å²) < 4.78 is 5.34. The first-order valence-electron chi connectivity index (χ1n) is 7.04. The highest BCUT2D eigenvalue weighted by atomic mass is 35.5. The molecule has 1 N–H and O–H groups in total. The topological polar surface area (TPSA) is 62.1 Å². The maximum absolute atomic E-state index is 12.2. The number of hydrogen-bond donors (Lipinski definition) is 1. The summed E-state index contributed by atoms with van der Waals surface area (Å²) in [4.78, 5) is 12.2. The largest absolute Gasteiger partial charge is 0.494 e. The second-order valence-corrected chi connectivity index (χ2v) is 5.07. The van der Waals surface area contributed by atoms with Gasteiger partial charge in [0.25, 0.3) is 5.91 Å². The van der Waals surface area contributed by atoms with E-state index in [1.807, 2.05) is 13.0 Å². The SMILES string of the molecule is CCOc1ccc(NC(=O)C(C#N)=Cc2ccc(Cl)cc2)cc1. The molecule has 0 heterocycles. The van der Waals surface area contributed by atoms with Crippen LogP contribution in [0.4, 0.5) is 5.69 Å². The van der Waals surface area contributed by atoms with Crippen LogP contribution in [0.2, 0.25) is 5.02 Å². The number of hydrogen-bond acceptors (Lipinski definition) is 3. The molecule has 4 nitrogen and oxygen atoms in total. The number of carbonyl (C=O) groups is 1. The van der Waals surface area contributed by atoms with Crippen LogP contribution < -0.4 is 10.1 Å². The first-order valence-corrected chi connectivity index (χ1v) is 7.41. The van der Waals surface area contributed by atoms with Crippen LogP contribution in [-0.4, -0.2) is 12.5 Å². The van der Waals surface area contributed by atoms with Gasteiger partial charge in [-0.1, -0.05) is 23.7 Å². The van der Waals surface area contributed by atoms with Crippen molar-refractivity contribution in [2.45, 2.75) is 6.92 Å². The van der Waals surface area contributed by atoms with Gasteiger partial charge in [-0.25, -0.2) is 0 Å². The lowest BCUT2D eigenvalue weighted by molar-refractivity contribution is -0.112. The van der Waals surface area contributed by atoms with E-state index in [2.05, 4.69) is 5.32 Å². The van der Waals surface area contributed by atoms with Gasteiger partial charge < -0.3 is 10.1 Å². The molecule has 0 bridgehead atoms. The van der Waals surface area contributed by atoms with Crippen molar-refractivity contribution in [2.75, 3.05) is 11.9 Å². The summed E-state index contributed by atoms with van der Waals surface area (Å²) in [6.07, 6.45) is 1.51. The quantitative estimate of drug-likeness (QED) is 0.658. The fourth-order valence-corrected chi connectivity index (χ4v) is 2.00. The predicted octanol–water partition coefficient (Wildman–Crippen LogP) is 4.28. The highest BCUT2D eigenvalue weighted by Crippen LogP contribution is 2.17. The Morgan fingerprint density at radius 1 is 1.22 bits per heavy atom. The van der Waals surface area contributed by atoms with Crippen molar-refractivity contribution in [3.8, 4) is 11.8 Å². The van der Waals surface area contributed by atoms with Gasteiger partial charge in [-0.2, -0.15) is 5.26 Å². The Labute approximate surface area is 140 Å². The molecule has 5 heteroatoms. The molecule has 0 aromatic heterocycles. The molecule has 0 unspecified atom stereocenters. The molecule has 2 rings (SSSR count). The van der Waals surface area contributed by atoms with Crippen LogP contribution in [0, 0.1) is 11.3 Å². The number of ether oxygens (including phenoxy) is 1. The zero-order chi connectivity index (χ0) is 16.7. The van der Waals surface area contributed by atoms with Crippen LogP contribution in [0.25, 0.3) is 6.08 Å². The first-order chi connectivity index (χ1) is 11.1. The lowest BCUT2D eigenvalue weighted by Crippen LogP contribution is -2.13. The Bertz CT molecular complexity index is 744. The average Bonchev–Trinajstić information content (AvgIpc) is 2.56. The summed E-state index contributed by atoms with van der Waals surface area (Å²) in [7, 11) is 0. The average molecular weight is 327 g/mol. The molecule has 0 radical (unpaired) electrons. The molecule has 2 aromatic carbocycles. The maximum Gasteiger partial charge on any atom is 0.266 e. The number of benzene rings is 2. The number of nitriles is 1. The van der Waals surface area contributed by atoms with Gasteiger partial charge in [0.1, 0.15) is 17.4 Å². The number of rotatable bonds is 5. The standard InChI is InChI=1S/C18H15ClN2O2/c1-2-23-17-9-7-16(8-10-17)21-18(22)14(12-20)11-13-3-5-15(19)6-4-13/h3-11H,2H2,1H3,(H,21,22). The third-order valence-corrected chi connectivity index (χ3v) is 3.22. The number of anilines is 1. The molecule has 2 aromatic rings. The summed E-state index contributed by atoms with van der Waals surface area (Å²) in [5.74, 6) is 0.259. The molecule has 0 saturated heterocycles. The molecular formula is C18H15ClN2O2. The molecule has 0 aliphatic heterocycles. The van der Waals surface area contributed by atoms with E-state index in [1.165, 1.54) is 6.08 Å². The van der Waals surface area contributed by atoms with Crippen molar-refractivity contribution < 1.29 is 9.53 Å². The minimum atomic E-state index is -0.466. The van der Waals surface area contributed by atoms with Crippen molar-refractivity contribution in [3.05, 3.63) is 64.7 Å². The molecule has 0 atom stereocenters. The van der Waals surface area contributed by atoms with Crippen molar-refractivity contribution in [2.24, 2.45) is 0 Å². The number of nitrogens with one attached hydrogen (secondary N) is 1. The van der Waals surface area contributed by atoms with Crippen LogP contribution in [0.1, 0.15) is 12.5 Å². The number of halogens is 1. The van der Waals surface area contributed by atoms with E-state index in [-0.39, 0.29) is 5.57 Å². The van der Waals surface area contributed by atoms with Crippen molar-refractivity contribution in [1.29, 1.82) is 5.26 Å². The van der Waals surface area contributed by atoms with Gasteiger partial charge in [-0.15, -0.1) is 0 Å². The van der Waals surface area contributed by atoms with Crippen molar-refractivity contribution >= 4 is 29.3 Å². The van der Waals surface area contributed by atoms with E-state index in [9.17, 15) is 10.1 Å². The predicted molar refractivity (Wildman–Crippen MR) is 91.3 cm³/mol. The molecule has 0 saturated carbocycles. The van der Waals surface area contributed by atoms with Crippen LogP contribution in [0.3, 0.4) is 0 Å². The zero-order valence-electron chi connectivity index (χ0n) is 12.5. The summed E-state index contributed by atoms with van der Waals surface area (Å²) in [6, 6.07) is 15.8. The molecule has 23 heavy (non-hydrogen) atoms.